The van der Waals surface area contributed by atoms with Crippen LogP contribution in [0.5, 0.6) is 11.5 Å². The van der Waals surface area contributed by atoms with Crippen LogP contribution < -0.4 is 9.47 Å². The van der Waals surface area contributed by atoms with E-state index in [1.165, 1.54) is 19.3 Å². The average Bonchev–Trinajstić information content (AvgIpc) is 3.36. The van der Waals surface area contributed by atoms with Gasteiger partial charge in [0.1, 0.15) is 5.76 Å². The molecule has 1 aromatic heterocycles. The van der Waals surface area contributed by atoms with Crippen LogP contribution in [0.25, 0.3) is 0 Å². The first-order valence-corrected chi connectivity index (χ1v) is 9.50. The van der Waals surface area contributed by atoms with Crippen LogP contribution in [0, 0.1) is 0 Å². The number of aryl methyl sites for hydroxylation is 1. The highest BCUT2D eigenvalue weighted by molar-refractivity contribution is 5.76. The molecule has 4 rings (SSSR count). The molecular weight excluding hydrogens is 330 g/mol. The van der Waals surface area contributed by atoms with Gasteiger partial charge < -0.3 is 18.8 Å². The number of fused-ring (bicyclic) bond motifs is 1. The van der Waals surface area contributed by atoms with Crippen LogP contribution in [0.2, 0.25) is 0 Å². The van der Waals surface area contributed by atoms with Crippen molar-refractivity contribution in [2.45, 2.75) is 57.5 Å². The van der Waals surface area contributed by atoms with E-state index in [0.717, 1.165) is 35.7 Å². The molecule has 0 atom stereocenters. The average molecular weight is 355 g/mol. The van der Waals surface area contributed by atoms with Crippen molar-refractivity contribution in [1.29, 1.82) is 0 Å². The van der Waals surface area contributed by atoms with Crippen LogP contribution in [0.15, 0.2) is 41.0 Å². The zero-order chi connectivity index (χ0) is 17.8. The molecule has 1 aliphatic heterocycles. The summed E-state index contributed by atoms with van der Waals surface area (Å²) in [6, 6.07) is 10.1. The molecule has 1 aliphatic carbocycles. The van der Waals surface area contributed by atoms with Gasteiger partial charge >= 0.3 is 0 Å². The molecule has 0 unspecified atom stereocenters. The second kappa shape index (κ2) is 7.85. The first kappa shape index (κ1) is 17.0. The summed E-state index contributed by atoms with van der Waals surface area (Å²) < 4.78 is 16.3. The molecule has 5 heteroatoms. The fourth-order valence-electron chi connectivity index (χ4n) is 3.88. The molecule has 0 N–H and O–H groups in total. The second-order valence-corrected chi connectivity index (χ2v) is 7.08. The summed E-state index contributed by atoms with van der Waals surface area (Å²) in [5.41, 5.74) is 1.10. The van der Waals surface area contributed by atoms with Crippen molar-refractivity contribution >= 4 is 5.91 Å². The van der Waals surface area contributed by atoms with Gasteiger partial charge in [0.05, 0.1) is 12.8 Å². The maximum absolute atomic E-state index is 13.0. The summed E-state index contributed by atoms with van der Waals surface area (Å²) >= 11 is 0. The summed E-state index contributed by atoms with van der Waals surface area (Å²) in [7, 11) is 0. The monoisotopic (exact) mass is 355 g/mol. The largest absolute Gasteiger partial charge is 0.467 e. The molecule has 1 saturated carbocycles. The summed E-state index contributed by atoms with van der Waals surface area (Å²) in [5.74, 6) is 2.61. The Kier molecular flexibility index (Phi) is 5.14. The standard InChI is InChI=1S/C21H25NO4/c23-21(11-9-16-8-10-19-20(13-16)26-15-25-19)22(14-18-7-4-12-24-18)17-5-2-1-3-6-17/h4,7-8,10,12-13,17H,1-3,5-6,9,11,14-15H2. The van der Waals surface area contributed by atoms with E-state index in [1.54, 1.807) is 6.26 Å². The molecule has 1 amide bonds. The lowest BCUT2D eigenvalue weighted by Crippen LogP contribution is -2.41. The fraction of sp³-hybridized carbons (Fsp3) is 0.476. The van der Waals surface area contributed by atoms with Crippen molar-refractivity contribution in [3.8, 4) is 11.5 Å². The molecule has 5 nitrogen and oxygen atoms in total. The zero-order valence-electron chi connectivity index (χ0n) is 15.0. The number of amides is 1. The summed E-state index contributed by atoms with van der Waals surface area (Å²) in [4.78, 5) is 15.0. The van der Waals surface area contributed by atoms with E-state index in [9.17, 15) is 4.79 Å². The Bertz CT molecular complexity index is 734. The van der Waals surface area contributed by atoms with Crippen LogP contribution in [-0.2, 0) is 17.8 Å². The maximum Gasteiger partial charge on any atom is 0.231 e. The number of carbonyl (C=O) groups excluding carboxylic acids is 1. The molecule has 0 radical (unpaired) electrons. The Morgan fingerprint density at radius 2 is 1.92 bits per heavy atom. The van der Waals surface area contributed by atoms with Crippen molar-refractivity contribution in [3.63, 3.8) is 0 Å². The number of rotatable bonds is 6. The van der Waals surface area contributed by atoms with Crippen molar-refractivity contribution in [1.82, 2.24) is 4.90 Å². The number of nitrogens with zero attached hydrogens (tertiary/aromatic N) is 1. The molecule has 0 bridgehead atoms. The van der Waals surface area contributed by atoms with Gasteiger partial charge in [-0.05, 0) is 49.1 Å². The van der Waals surface area contributed by atoms with E-state index < -0.39 is 0 Å². The molecule has 138 valence electrons. The Balaban J connectivity index is 1.41. The van der Waals surface area contributed by atoms with Crippen molar-refractivity contribution in [3.05, 3.63) is 47.9 Å². The smallest absolute Gasteiger partial charge is 0.231 e. The van der Waals surface area contributed by atoms with E-state index in [4.69, 9.17) is 13.9 Å². The van der Waals surface area contributed by atoms with Gasteiger partial charge in [-0.2, -0.15) is 0 Å². The Morgan fingerprint density at radius 3 is 2.73 bits per heavy atom. The highest BCUT2D eigenvalue weighted by atomic mass is 16.7. The molecule has 2 heterocycles. The van der Waals surface area contributed by atoms with Gasteiger partial charge in [-0.3, -0.25) is 4.79 Å². The van der Waals surface area contributed by atoms with E-state index in [2.05, 4.69) is 0 Å². The van der Waals surface area contributed by atoms with Crippen LogP contribution in [0.1, 0.15) is 49.8 Å². The fourth-order valence-corrected chi connectivity index (χ4v) is 3.88. The van der Waals surface area contributed by atoms with E-state index in [1.807, 2.05) is 35.2 Å². The van der Waals surface area contributed by atoms with Gasteiger partial charge in [-0.15, -0.1) is 0 Å². The van der Waals surface area contributed by atoms with Crippen molar-refractivity contribution < 1.29 is 18.7 Å². The molecular formula is C21H25NO4. The lowest BCUT2D eigenvalue weighted by atomic mass is 9.93. The quantitative estimate of drug-likeness (QED) is 0.775. The molecule has 2 aliphatic rings. The number of hydrogen-bond acceptors (Lipinski definition) is 4. The molecule has 1 aromatic carbocycles. The minimum Gasteiger partial charge on any atom is -0.467 e. The van der Waals surface area contributed by atoms with Crippen LogP contribution in [-0.4, -0.2) is 23.6 Å². The Labute approximate surface area is 153 Å². The molecule has 26 heavy (non-hydrogen) atoms. The normalized spacial score (nSPS) is 16.6. The number of ether oxygens (including phenoxy) is 2. The Hall–Kier alpha value is -2.43. The Morgan fingerprint density at radius 1 is 1.08 bits per heavy atom. The number of benzene rings is 1. The molecule has 0 spiro atoms. The van der Waals surface area contributed by atoms with Gasteiger partial charge in [-0.1, -0.05) is 25.3 Å². The summed E-state index contributed by atoms with van der Waals surface area (Å²) in [5, 5.41) is 0. The van der Waals surface area contributed by atoms with E-state index >= 15 is 0 Å². The van der Waals surface area contributed by atoms with Crippen LogP contribution in [0.3, 0.4) is 0 Å². The topological polar surface area (TPSA) is 51.9 Å². The van der Waals surface area contributed by atoms with Gasteiger partial charge in [-0.25, -0.2) is 0 Å². The third kappa shape index (κ3) is 3.87. The lowest BCUT2D eigenvalue weighted by Gasteiger charge is -2.34. The van der Waals surface area contributed by atoms with Crippen molar-refractivity contribution in [2.24, 2.45) is 0 Å². The number of furan rings is 1. The van der Waals surface area contributed by atoms with Gasteiger partial charge in [0.25, 0.3) is 0 Å². The molecule has 1 fully saturated rings. The van der Waals surface area contributed by atoms with E-state index in [-0.39, 0.29) is 12.7 Å². The van der Waals surface area contributed by atoms with Gasteiger partial charge in [0.15, 0.2) is 11.5 Å². The minimum absolute atomic E-state index is 0.200. The predicted molar refractivity (Wildman–Crippen MR) is 97.0 cm³/mol. The number of carbonyl (C=O) groups is 1. The van der Waals surface area contributed by atoms with E-state index in [0.29, 0.717) is 25.4 Å². The second-order valence-electron chi connectivity index (χ2n) is 7.08. The maximum atomic E-state index is 13.0. The highest BCUT2D eigenvalue weighted by Crippen LogP contribution is 2.33. The number of hydrogen-bond donors (Lipinski definition) is 0. The van der Waals surface area contributed by atoms with Crippen LogP contribution >= 0.6 is 0 Å². The van der Waals surface area contributed by atoms with Crippen LogP contribution in [0.4, 0.5) is 0 Å². The third-order valence-corrected chi connectivity index (χ3v) is 5.31. The first-order valence-electron chi connectivity index (χ1n) is 9.50. The predicted octanol–water partition coefficient (Wildman–Crippen LogP) is 4.30. The summed E-state index contributed by atoms with van der Waals surface area (Å²) in [6.45, 7) is 0.841. The van der Waals surface area contributed by atoms with Gasteiger partial charge in [0, 0.05) is 12.5 Å². The van der Waals surface area contributed by atoms with Gasteiger partial charge in [0.2, 0.25) is 12.7 Å². The SMILES string of the molecule is O=C(CCc1ccc2c(c1)OCO2)N(Cc1ccco1)C1CCCCC1. The lowest BCUT2D eigenvalue weighted by molar-refractivity contribution is -0.135. The van der Waals surface area contributed by atoms with Crippen molar-refractivity contribution in [2.75, 3.05) is 6.79 Å². The highest BCUT2D eigenvalue weighted by Gasteiger charge is 2.26. The third-order valence-electron chi connectivity index (χ3n) is 5.31. The first-order chi connectivity index (χ1) is 12.8. The summed E-state index contributed by atoms with van der Waals surface area (Å²) in [6.07, 6.45) is 8.74. The molecule has 2 aromatic rings. The zero-order valence-corrected chi connectivity index (χ0v) is 15.0. The minimum atomic E-state index is 0.200. The molecule has 0 saturated heterocycles.